The van der Waals surface area contributed by atoms with Gasteiger partial charge in [-0.3, -0.25) is 0 Å². The summed E-state index contributed by atoms with van der Waals surface area (Å²) in [6.45, 7) is 2.19. The Morgan fingerprint density at radius 1 is 1.75 bits per heavy atom. The van der Waals surface area contributed by atoms with Gasteiger partial charge >= 0.3 is 6.03 Å². The largest absolute Gasteiger partial charge is 0.350 e. The molecule has 0 aromatic rings. The van der Waals surface area contributed by atoms with Gasteiger partial charge in [0.15, 0.2) is 0 Å². The first-order chi connectivity index (χ1) is 5.68. The molecule has 0 spiro atoms. The summed E-state index contributed by atoms with van der Waals surface area (Å²) in [5.41, 5.74) is 8.21. The molecule has 0 bridgehead atoms. The molecule has 0 aromatic heterocycles. The molecule has 1 unspecified atom stereocenters. The van der Waals surface area contributed by atoms with Crippen molar-refractivity contribution in [3.05, 3.63) is 0 Å². The van der Waals surface area contributed by atoms with Gasteiger partial charge in [0.1, 0.15) is 0 Å². The molecule has 1 aliphatic carbocycles. The number of hydrazone groups is 1. The Hall–Kier alpha value is -1.06. The molecule has 1 atom stereocenters. The molecule has 0 heterocycles. The number of nitrogens with two attached hydrogens (primary N) is 1. The standard InChI is InChI=1S/C8H15N3O/c1-6-3-2-4-7(5-6)10-11-8(9)12/h6H,2-5H2,1H3,(H3,9,11,12)/b10-7+. The van der Waals surface area contributed by atoms with Crippen LogP contribution in [-0.2, 0) is 0 Å². The molecule has 12 heavy (non-hydrogen) atoms. The van der Waals surface area contributed by atoms with E-state index in [0.29, 0.717) is 5.92 Å². The molecular formula is C8H15N3O. The van der Waals surface area contributed by atoms with Gasteiger partial charge in [0.05, 0.1) is 0 Å². The highest BCUT2D eigenvalue weighted by atomic mass is 16.2. The summed E-state index contributed by atoms with van der Waals surface area (Å²) >= 11 is 0. The Bertz CT molecular complexity index is 200. The Morgan fingerprint density at radius 2 is 2.50 bits per heavy atom. The zero-order valence-corrected chi connectivity index (χ0v) is 7.34. The van der Waals surface area contributed by atoms with E-state index in [1.807, 2.05) is 0 Å². The van der Waals surface area contributed by atoms with Crippen molar-refractivity contribution >= 4 is 11.7 Å². The van der Waals surface area contributed by atoms with Crippen molar-refractivity contribution < 1.29 is 4.79 Å². The van der Waals surface area contributed by atoms with Gasteiger partial charge in [-0.15, -0.1) is 0 Å². The normalized spacial score (nSPS) is 27.1. The van der Waals surface area contributed by atoms with Crippen molar-refractivity contribution in [2.24, 2.45) is 16.8 Å². The van der Waals surface area contributed by atoms with E-state index in [4.69, 9.17) is 5.73 Å². The van der Waals surface area contributed by atoms with E-state index in [0.717, 1.165) is 18.6 Å². The SMILES string of the molecule is CC1CCC/C(=N\NC(N)=O)C1. The molecule has 0 saturated heterocycles. The summed E-state index contributed by atoms with van der Waals surface area (Å²) < 4.78 is 0. The summed E-state index contributed by atoms with van der Waals surface area (Å²) in [5.74, 6) is 0.687. The molecule has 4 nitrogen and oxygen atoms in total. The fourth-order valence-electron chi connectivity index (χ4n) is 1.50. The molecule has 0 aromatic carbocycles. The molecular weight excluding hydrogens is 154 g/mol. The molecule has 4 heteroatoms. The quantitative estimate of drug-likeness (QED) is 0.569. The van der Waals surface area contributed by atoms with Gasteiger partial charge in [-0.25, -0.2) is 10.2 Å². The molecule has 1 saturated carbocycles. The number of hydrogen-bond acceptors (Lipinski definition) is 2. The van der Waals surface area contributed by atoms with E-state index >= 15 is 0 Å². The summed E-state index contributed by atoms with van der Waals surface area (Å²) in [5, 5.41) is 3.93. The van der Waals surface area contributed by atoms with Crippen molar-refractivity contribution in [2.75, 3.05) is 0 Å². The molecule has 2 amide bonds. The summed E-state index contributed by atoms with van der Waals surface area (Å²) in [4.78, 5) is 10.3. The predicted octanol–water partition coefficient (Wildman–Crippen LogP) is 1.22. The fourth-order valence-corrected chi connectivity index (χ4v) is 1.50. The smallest absolute Gasteiger partial charge is 0.332 e. The Balaban J connectivity index is 2.39. The van der Waals surface area contributed by atoms with Crippen LogP contribution in [0, 0.1) is 5.92 Å². The van der Waals surface area contributed by atoms with E-state index in [1.165, 1.54) is 12.8 Å². The lowest BCUT2D eigenvalue weighted by Gasteiger charge is -2.18. The number of carbonyl (C=O) groups is 1. The van der Waals surface area contributed by atoms with Gasteiger partial charge in [0.2, 0.25) is 0 Å². The second kappa shape index (κ2) is 4.09. The van der Waals surface area contributed by atoms with Crippen LogP contribution >= 0.6 is 0 Å². The van der Waals surface area contributed by atoms with E-state index < -0.39 is 6.03 Å². The monoisotopic (exact) mass is 169 g/mol. The van der Waals surface area contributed by atoms with E-state index in [9.17, 15) is 4.79 Å². The first-order valence-corrected chi connectivity index (χ1v) is 4.29. The third kappa shape index (κ3) is 2.90. The first kappa shape index (κ1) is 9.03. The fraction of sp³-hybridized carbons (Fsp3) is 0.750. The van der Waals surface area contributed by atoms with Gasteiger partial charge < -0.3 is 5.73 Å². The van der Waals surface area contributed by atoms with Crippen LogP contribution in [0.25, 0.3) is 0 Å². The number of nitrogens with zero attached hydrogens (tertiary/aromatic N) is 1. The van der Waals surface area contributed by atoms with E-state index in [-0.39, 0.29) is 0 Å². The maximum absolute atomic E-state index is 10.3. The molecule has 68 valence electrons. The maximum Gasteiger partial charge on any atom is 0.332 e. The van der Waals surface area contributed by atoms with Gasteiger partial charge in [-0.05, 0) is 31.6 Å². The number of urea groups is 1. The third-order valence-electron chi connectivity index (χ3n) is 2.07. The number of carbonyl (C=O) groups excluding carboxylic acids is 1. The minimum atomic E-state index is -0.583. The minimum Gasteiger partial charge on any atom is -0.350 e. The number of primary amides is 1. The lowest BCUT2D eigenvalue weighted by molar-refractivity contribution is 0.249. The zero-order valence-electron chi connectivity index (χ0n) is 7.34. The Kier molecular flexibility index (Phi) is 3.08. The van der Waals surface area contributed by atoms with Crippen LogP contribution in [-0.4, -0.2) is 11.7 Å². The highest BCUT2D eigenvalue weighted by Crippen LogP contribution is 2.20. The average Bonchev–Trinajstić information content (AvgIpc) is 2.01. The molecule has 1 rings (SSSR count). The van der Waals surface area contributed by atoms with Gasteiger partial charge in [0.25, 0.3) is 0 Å². The zero-order chi connectivity index (χ0) is 8.97. The van der Waals surface area contributed by atoms with Crippen molar-refractivity contribution in [3.63, 3.8) is 0 Å². The van der Waals surface area contributed by atoms with Gasteiger partial charge in [-0.1, -0.05) is 6.92 Å². The molecule has 1 aliphatic rings. The van der Waals surface area contributed by atoms with E-state index in [1.54, 1.807) is 0 Å². The number of amides is 2. The third-order valence-corrected chi connectivity index (χ3v) is 2.07. The Morgan fingerprint density at radius 3 is 3.08 bits per heavy atom. The van der Waals surface area contributed by atoms with Crippen LogP contribution in [0.5, 0.6) is 0 Å². The van der Waals surface area contributed by atoms with Crippen LogP contribution < -0.4 is 11.2 Å². The highest BCUT2D eigenvalue weighted by Gasteiger charge is 2.13. The average molecular weight is 169 g/mol. The highest BCUT2D eigenvalue weighted by molar-refractivity contribution is 5.86. The van der Waals surface area contributed by atoms with Crippen molar-refractivity contribution in [3.8, 4) is 0 Å². The van der Waals surface area contributed by atoms with Crippen LogP contribution in [0.2, 0.25) is 0 Å². The van der Waals surface area contributed by atoms with Crippen molar-refractivity contribution in [1.29, 1.82) is 0 Å². The van der Waals surface area contributed by atoms with Crippen molar-refractivity contribution in [2.45, 2.75) is 32.6 Å². The topological polar surface area (TPSA) is 67.5 Å². The molecule has 1 fully saturated rings. The lowest BCUT2D eigenvalue weighted by atomic mass is 9.89. The van der Waals surface area contributed by atoms with Crippen LogP contribution in [0.1, 0.15) is 32.6 Å². The number of nitrogens with one attached hydrogen (secondary N) is 1. The van der Waals surface area contributed by atoms with Gasteiger partial charge in [0, 0.05) is 5.71 Å². The maximum atomic E-state index is 10.3. The second-order valence-electron chi connectivity index (χ2n) is 3.36. The first-order valence-electron chi connectivity index (χ1n) is 4.29. The lowest BCUT2D eigenvalue weighted by Crippen LogP contribution is -2.27. The van der Waals surface area contributed by atoms with Crippen LogP contribution in [0.3, 0.4) is 0 Å². The molecule has 3 N–H and O–H groups in total. The summed E-state index contributed by atoms with van der Waals surface area (Å²) in [6, 6.07) is -0.583. The molecule has 0 radical (unpaired) electrons. The number of rotatable bonds is 1. The Labute approximate surface area is 72.2 Å². The molecule has 0 aliphatic heterocycles. The second-order valence-corrected chi connectivity index (χ2v) is 3.36. The number of hydrogen-bond donors (Lipinski definition) is 2. The van der Waals surface area contributed by atoms with Gasteiger partial charge in [-0.2, -0.15) is 5.10 Å². The minimum absolute atomic E-state index is 0.583. The predicted molar refractivity (Wildman–Crippen MR) is 47.8 cm³/mol. The van der Waals surface area contributed by atoms with Crippen molar-refractivity contribution in [1.82, 2.24) is 5.43 Å². The summed E-state index contributed by atoms with van der Waals surface area (Å²) in [6.07, 6.45) is 4.40. The van der Waals surface area contributed by atoms with Crippen LogP contribution in [0.15, 0.2) is 5.10 Å². The van der Waals surface area contributed by atoms with E-state index in [2.05, 4.69) is 17.5 Å². The summed E-state index contributed by atoms with van der Waals surface area (Å²) in [7, 11) is 0. The van der Waals surface area contributed by atoms with Crippen LogP contribution in [0.4, 0.5) is 4.79 Å².